The van der Waals surface area contributed by atoms with Gasteiger partial charge < -0.3 is 9.26 Å². The zero-order valence-electron chi connectivity index (χ0n) is 10.3. The van der Waals surface area contributed by atoms with Crippen LogP contribution in [-0.4, -0.2) is 17.7 Å². The van der Waals surface area contributed by atoms with Gasteiger partial charge in [-0.15, -0.1) is 11.3 Å². The van der Waals surface area contributed by atoms with Crippen LogP contribution in [0.2, 0.25) is 0 Å². The van der Waals surface area contributed by atoms with E-state index in [0.717, 1.165) is 10.3 Å². The number of hydrogen-bond acceptors (Lipinski definition) is 5. The molecule has 3 aromatic rings. The second-order valence-corrected chi connectivity index (χ2v) is 5.03. The summed E-state index contributed by atoms with van der Waals surface area (Å²) in [7, 11) is 0. The van der Waals surface area contributed by atoms with Crippen LogP contribution in [0.25, 0.3) is 20.7 Å². The first-order chi connectivity index (χ1) is 9.28. The number of rotatable bonds is 3. The van der Waals surface area contributed by atoms with E-state index in [2.05, 4.69) is 5.16 Å². The van der Waals surface area contributed by atoms with Crippen LogP contribution in [0, 0.1) is 0 Å². The lowest BCUT2D eigenvalue weighted by Gasteiger charge is -1.94. The third kappa shape index (κ3) is 2.24. The quantitative estimate of drug-likeness (QED) is 0.682. The van der Waals surface area contributed by atoms with E-state index in [1.807, 2.05) is 30.3 Å². The maximum absolute atomic E-state index is 11.5. The molecule has 4 nitrogen and oxygen atoms in total. The molecule has 0 saturated carbocycles. The number of ether oxygens (including phenoxy) is 1. The first kappa shape index (κ1) is 11.9. The summed E-state index contributed by atoms with van der Waals surface area (Å²) >= 11 is 1.60. The number of hydrogen-bond donors (Lipinski definition) is 0. The molecule has 96 valence electrons. The van der Waals surface area contributed by atoms with Crippen molar-refractivity contribution in [2.45, 2.75) is 6.92 Å². The number of aromatic nitrogens is 1. The summed E-state index contributed by atoms with van der Waals surface area (Å²) in [5.41, 5.74) is 0.203. The molecule has 0 unspecified atom stereocenters. The summed E-state index contributed by atoms with van der Waals surface area (Å²) in [6.07, 6.45) is 0. The van der Waals surface area contributed by atoms with Gasteiger partial charge in [-0.1, -0.05) is 23.4 Å². The fourth-order valence-electron chi connectivity index (χ4n) is 1.80. The highest BCUT2D eigenvalue weighted by atomic mass is 32.1. The molecule has 0 N–H and O–H groups in total. The number of fused-ring (bicyclic) bond motifs is 1. The number of nitrogens with zero attached hydrogens (tertiary/aromatic N) is 1. The minimum Gasteiger partial charge on any atom is -0.461 e. The van der Waals surface area contributed by atoms with Crippen molar-refractivity contribution in [1.29, 1.82) is 0 Å². The molecule has 0 saturated heterocycles. The van der Waals surface area contributed by atoms with Gasteiger partial charge in [0.15, 0.2) is 11.5 Å². The van der Waals surface area contributed by atoms with Gasteiger partial charge in [-0.3, -0.25) is 0 Å². The van der Waals surface area contributed by atoms with Crippen molar-refractivity contribution in [2.24, 2.45) is 0 Å². The largest absolute Gasteiger partial charge is 0.461 e. The molecule has 0 fully saturated rings. The standard InChI is InChI=1S/C14H11NO3S/c1-2-17-14(16)10-8-11(18-15-10)13-7-9-5-3-4-6-12(9)19-13/h3-8H,2H2,1H3. The van der Waals surface area contributed by atoms with Crippen LogP contribution in [0.1, 0.15) is 17.4 Å². The lowest BCUT2D eigenvalue weighted by Crippen LogP contribution is -2.04. The smallest absolute Gasteiger partial charge is 0.360 e. The molecule has 2 aromatic heterocycles. The average molecular weight is 273 g/mol. The number of esters is 1. The van der Waals surface area contributed by atoms with Gasteiger partial charge in [0.25, 0.3) is 0 Å². The van der Waals surface area contributed by atoms with Crippen molar-refractivity contribution in [3.8, 4) is 10.6 Å². The van der Waals surface area contributed by atoms with Crippen molar-refractivity contribution >= 4 is 27.4 Å². The van der Waals surface area contributed by atoms with Crippen molar-refractivity contribution in [3.63, 3.8) is 0 Å². The topological polar surface area (TPSA) is 52.3 Å². The lowest BCUT2D eigenvalue weighted by atomic mass is 10.2. The second-order valence-electron chi connectivity index (χ2n) is 3.95. The Morgan fingerprint density at radius 2 is 2.21 bits per heavy atom. The van der Waals surface area contributed by atoms with Crippen LogP contribution in [0.4, 0.5) is 0 Å². The highest BCUT2D eigenvalue weighted by Gasteiger charge is 2.15. The van der Waals surface area contributed by atoms with Gasteiger partial charge in [0.05, 0.1) is 11.5 Å². The monoisotopic (exact) mass is 273 g/mol. The van der Waals surface area contributed by atoms with Crippen LogP contribution in [-0.2, 0) is 4.74 Å². The van der Waals surface area contributed by atoms with Crippen LogP contribution < -0.4 is 0 Å². The Morgan fingerprint density at radius 1 is 1.37 bits per heavy atom. The molecule has 0 amide bonds. The van der Waals surface area contributed by atoms with Gasteiger partial charge in [0, 0.05) is 10.8 Å². The van der Waals surface area contributed by atoms with Gasteiger partial charge in [0.1, 0.15) is 0 Å². The fourth-order valence-corrected chi connectivity index (χ4v) is 2.81. The van der Waals surface area contributed by atoms with Gasteiger partial charge in [-0.25, -0.2) is 4.79 Å². The predicted molar refractivity (Wildman–Crippen MR) is 73.3 cm³/mol. The Hall–Kier alpha value is -2.14. The van der Waals surface area contributed by atoms with Crippen LogP contribution >= 0.6 is 11.3 Å². The van der Waals surface area contributed by atoms with E-state index in [9.17, 15) is 4.79 Å². The highest BCUT2D eigenvalue weighted by Crippen LogP contribution is 2.33. The van der Waals surface area contributed by atoms with Crippen molar-refractivity contribution in [1.82, 2.24) is 5.16 Å². The molecule has 3 rings (SSSR count). The van der Waals surface area contributed by atoms with E-state index >= 15 is 0 Å². The summed E-state index contributed by atoms with van der Waals surface area (Å²) in [5.74, 6) is 0.128. The minimum atomic E-state index is -0.460. The normalized spacial score (nSPS) is 10.8. The SMILES string of the molecule is CCOC(=O)c1cc(-c2cc3ccccc3s2)on1. The average Bonchev–Trinajstić information content (AvgIpc) is 3.05. The van der Waals surface area contributed by atoms with Crippen LogP contribution in [0.5, 0.6) is 0 Å². The Balaban J connectivity index is 1.96. The minimum absolute atomic E-state index is 0.203. The molecular formula is C14H11NO3S. The van der Waals surface area contributed by atoms with E-state index in [0.29, 0.717) is 12.4 Å². The van der Waals surface area contributed by atoms with E-state index in [1.54, 1.807) is 24.3 Å². The zero-order chi connectivity index (χ0) is 13.2. The Morgan fingerprint density at radius 3 is 3.00 bits per heavy atom. The van der Waals surface area contributed by atoms with E-state index < -0.39 is 5.97 Å². The molecule has 0 aliphatic carbocycles. The number of benzene rings is 1. The third-order valence-corrected chi connectivity index (χ3v) is 3.79. The molecular weight excluding hydrogens is 262 g/mol. The van der Waals surface area contributed by atoms with Crippen LogP contribution in [0.15, 0.2) is 40.9 Å². The first-order valence-electron chi connectivity index (χ1n) is 5.90. The van der Waals surface area contributed by atoms with Gasteiger partial charge in [-0.05, 0) is 24.4 Å². The van der Waals surface area contributed by atoms with Gasteiger partial charge in [-0.2, -0.15) is 0 Å². The maximum Gasteiger partial charge on any atom is 0.360 e. The summed E-state index contributed by atoms with van der Waals surface area (Å²) in [5, 5.41) is 4.89. The fraction of sp³-hybridized carbons (Fsp3) is 0.143. The van der Waals surface area contributed by atoms with Gasteiger partial charge in [0.2, 0.25) is 0 Å². The number of carbonyl (C=O) groups excluding carboxylic acids is 1. The predicted octanol–water partition coefficient (Wildman–Crippen LogP) is 3.73. The molecule has 2 heterocycles. The molecule has 0 aliphatic rings. The number of thiophene rings is 1. The summed E-state index contributed by atoms with van der Waals surface area (Å²) in [6.45, 7) is 2.08. The highest BCUT2D eigenvalue weighted by molar-refractivity contribution is 7.22. The first-order valence-corrected chi connectivity index (χ1v) is 6.72. The van der Waals surface area contributed by atoms with Crippen molar-refractivity contribution in [2.75, 3.05) is 6.61 Å². The molecule has 0 radical (unpaired) electrons. The molecule has 0 spiro atoms. The summed E-state index contributed by atoms with van der Waals surface area (Å²) in [4.78, 5) is 12.5. The van der Waals surface area contributed by atoms with E-state index in [-0.39, 0.29) is 5.69 Å². The summed E-state index contributed by atoms with van der Waals surface area (Å²) < 4.78 is 11.3. The maximum atomic E-state index is 11.5. The molecule has 5 heteroatoms. The molecule has 0 atom stereocenters. The molecule has 19 heavy (non-hydrogen) atoms. The lowest BCUT2D eigenvalue weighted by molar-refractivity contribution is 0.0514. The van der Waals surface area contributed by atoms with Gasteiger partial charge >= 0.3 is 5.97 Å². The third-order valence-electron chi connectivity index (χ3n) is 2.66. The van der Waals surface area contributed by atoms with Crippen molar-refractivity contribution in [3.05, 3.63) is 42.1 Å². The molecule has 0 bridgehead atoms. The van der Waals surface area contributed by atoms with E-state index in [4.69, 9.17) is 9.26 Å². The van der Waals surface area contributed by atoms with E-state index in [1.165, 1.54) is 4.70 Å². The Kier molecular flexibility index (Phi) is 3.05. The molecule has 0 aliphatic heterocycles. The second kappa shape index (κ2) is 4.85. The Bertz CT molecular complexity index is 696. The molecule has 1 aromatic carbocycles. The number of carbonyl (C=O) groups is 1. The zero-order valence-corrected chi connectivity index (χ0v) is 11.1. The van der Waals surface area contributed by atoms with Crippen LogP contribution in [0.3, 0.4) is 0 Å². The Labute approximate surface area is 113 Å². The van der Waals surface area contributed by atoms with Crippen molar-refractivity contribution < 1.29 is 14.1 Å². The summed E-state index contributed by atoms with van der Waals surface area (Å²) in [6, 6.07) is 11.7.